The number of benzene rings is 3. The van der Waals surface area contributed by atoms with Crippen molar-refractivity contribution in [1.29, 1.82) is 0 Å². The van der Waals surface area contributed by atoms with E-state index in [1.54, 1.807) is 16.5 Å². The van der Waals surface area contributed by atoms with Gasteiger partial charge in [-0.1, -0.05) is 41.7 Å². The van der Waals surface area contributed by atoms with Crippen molar-refractivity contribution in [3.05, 3.63) is 97.3 Å². The minimum absolute atomic E-state index is 0.0696. The van der Waals surface area contributed by atoms with Crippen LogP contribution in [0.3, 0.4) is 0 Å². The number of thiazole rings is 1. The zero-order valence-electron chi connectivity index (χ0n) is 17.9. The topological polar surface area (TPSA) is 130 Å². The van der Waals surface area contributed by atoms with E-state index in [9.17, 15) is 23.3 Å². The SMILES string of the molecule is COc1cc(/C=c2\sc3nc4ccccc4n3c2=O)ccc1OS(=O)(=O)c1ccccc1[N+](=O)[O-]. The molecule has 0 atom stereocenters. The number of nitro benzene ring substituents is 1. The Morgan fingerprint density at radius 2 is 1.80 bits per heavy atom. The zero-order valence-corrected chi connectivity index (χ0v) is 19.6. The van der Waals surface area contributed by atoms with Crippen molar-refractivity contribution in [3.63, 3.8) is 0 Å². The van der Waals surface area contributed by atoms with Gasteiger partial charge in [-0.25, -0.2) is 9.38 Å². The Morgan fingerprint density at radius 1 is 1.06 bits per heavy atom. The normalized spacial score (nSPS) is 12.3. The molecule has 0 spiro atoms. The molecule has 35 heavy (non-hydrogen) atoms. The van der Waals surface area contributed by atoms with Gasteiger partial charge in [0, 0.05) is 6.07 Å². The zero-order chi connectivity index (χ0) is 24.7. The van der Waals surface area contributed by atoms with Crippen molar-refractivity contribution in [1.82, 2.24) is 9.38 Å². The van der Waals surface area contributed by atoms with Crippen LogP contribution in [0.25, 0.3) is 22.1 Å². The Kier molecular flexibility index (Phi) is 5.46. The molecule has 0 N–H and O–H groups in total. The molecule has 3 aromatic carbocycles. The van der Waals surface area contributed by atoms with Gasteiger partial charge in [-0.3, -0.25) is 14.9 Å². The van der Waals surface area contributed by atoms with E-state index in [2.05, 4.69) is 4.98 Å². The summed E-state index contributed by atoms with van der Waals surface area (Å²) >= 11 is 1.23. The molecule has 5 aromatic rings. The van der Waals surface area contributed by atoms with Crippen molar-refractivity contribution in [2.75, 3.05) is 7.11 Å². The van der Waals surface area contributed by atoms with Gasteiger partial charge >= 0.3 is 10.1 Å². The monoisotopic (exact) mass is 509 g/mol. The van der Waals surface area contributed by atoms with Crippen molar-refractivity contribution in [3.8, 4) is 11.5 Å². The quantitative estimate of drug-likeness (QED) is 0.194. The maximum atomic E-state index is 13.0. The average Bonchev–Trinajstić information content (AvgIpc) is 3.35. The van der Waals surface area contributed by atoms with Gasteiger partial charge in [0.25, 0.3) is 11.2 Å². The molecule has 0 saturated heterocycles. The maximum absolute atomic E-state index is 13.0. The van der Waals surface area contributed by atoms with E-state index >= 15 is 0 Å². The number of hydrogen-bond acceptors (Lipinski definition) is 9. The summed E-state index contributed by atoms with van der Waals surface area (Å²) in [6, 6.07) is 16.6. The molecular formula is C23H15N3O7S2. The first-order valence-corrected chi connectivity index (χ1v) is 12.3. The second-order valence-electron chi connectivity index (χ2n) is 7.31. The third kappa shape index (κ3) is 3.98. The second-order valence-corrected chi connectivity index (χ2v) is 9.83. The fourth-order valence-corrected chi connectivity index (χ4v) is 5.68. The van der Waals surface area contributed by atoms with Crippen molar-refractivity contribution in [2.45, 2.75) is 4.90 Å². The number of imidazole rings is 1. The standard InChI is InChI=1S/C23H15N3O7S2/c1-32-19-12-14(13-20-22(27)25-16-7-3-2-6-15(16)24-23(25)34-20)10-11-18(19)33-35(30,31)21-9-5-4-8-17(21)26(28)29/h2-13H,1H3/b20-13-. The fraction of sp³-hybridized carbons (Fsp3) is 0.0435. The van der Waals surface area contributed by atoms with E-state index in [0.29, 0.717) is 20.6 Å². The summed E-state index contributed by atoms with van der Waals surface area (Å²) < 4.78 is 37.9. The van der Waals surface area contributed by atoms with Gasteiger partial charge in [-0.05, 0) is 42.0 Å². The van der Waals surface area contributed by atoms with Crippen molar-refractivity contribution in [2.24, 2.45) is 0 Å². The highest BCUT2D eigenvalue weighted by Gasteiger charge is 2.28. The highest BCUT2D eigenvalue weighted by molar-refractivity contribution is 7.87. The molecule has 176 valence electrons. The van der Waals surface area contributed by atoms with Gasteiger partial charge in [-0.15, -0.1) is 0 Å². The number of nitrogens with zero attached hydrogens (tertiary/aromatic N) is 3. The summed E-state index contributed by atoms with van der Waals surface area (Å²) in [6.45, 7) is 0. The van der Waals surface area contributed by atoms with Crippen LogP contribution in [-0.2, 0) is 10.1 Å². The van der Waals surface area contributed by atoms with Gasteiger partial charge < -0.3 is 8.92 Å². The van der Waals surface area contributed by atoms with Crippen molar-refractivity contribution < 1.29 is 22.3 Å². The van der Waals surface area contributed by atoms with Gasteiger partial charge in [0.1, 0.15) is 0 Å². The Morgan fingerprint density at radius 3 is 2.57 bits per heavy atom. The average molecular weight is 510 g/mol. The molecule has 12 heteroatoms. The smallest absolute Gasteiger partial charge is 0.346 e. The lowest BCUT2D eigenvalue weighted by Gasteiger charge is -2.11. The molecule has 0 aliphatic heterocycles. The van der Waals surface area contributed by atoms with E-state index in [4.69, 9.17) is 8.92 Å². The van der Waals surface area contributed by atoms with E-state index in [1.807, 2.05) is 24.3 Å². The van der Waals surface area contributed by atoms with E-state index in [0.717, 1.165) is 17.6 Å². The van der Waals surface area contributed by atoms with Gasteiger partial charge in [0.05, 0.1) is 27.6 Å². The highest BCUT2D eigenvalue weighted by atomic mass is 32.2. The van der Waals surface area contributed by atoms with Crippen LogP contribution in [0.15, 0.2) is 76.4 Å². The van der Waals surface area contributed by atoms with Crippen LogP contribution in [0.4, 0.5) is 5.69 Å². The molecule has 0 radical (unpaired) electrons. The molecule has 0 bridgehead atoms. The Bertz CT molecular complexity index is 1840. The predicted octanol–water partition coefficient (Wildman–Crippen LogP) is 3.14. The molecule has 0 amide bonds. The Hall–Kier alpha value is -4.29. The second kappa shape index (κ2) is 8.49. The number of ether oxygens (including phenoxy) is 1. The first-order valence-electron chi connectivity index (χ1n) is 10.1. The predicted molar refractivity (Wildman–Crippen MR) is 130 cm³/mol. The van der Waals surface area contributed by atoms with Gasteiger partial charge in [0.15, 0.2) is 21.4 Å². The number of methoxy groups -OCH3 is 1. The Balaban J connectivity index is 1.53. The number of fused-ring (bicyclic) bond motifs is 3. The lowest BCUT2D eigenvalue weighted by molar-refractivity contribution is -0.387. The highest BCUT2D eigenvalue weighted by Crippen LogP contribution is 2.33. The fourth-order valence-electron chi connectivity index (χ4n) is 3.59. The molecule has 0 unspecified atom stereocenters. The van der Waals surface area contributed by atoms with Crippen molar-refractivity contribution >= 4 is 49.2 Å². The third-order valence-electron chi connectivity index (χ3n) is 5.16. The van der Waals surface area contributed by atoms with Crippen LogP contribution >= 0.6 is 11.3 Å². The summed E-state index contributed by atoms with van der Waals surface area (Å²) in [5.41, 5.74) is 1.17. The molecule has 0 saturated carbocycles. The first kappa shape index (κ1) is 22.5. The molecular weight excluding hydrogens is 494 g/mol. The molecule has 2 aromatic heterocycles. The summed E-state index contributed by atoms with van der Waals surface area (Å²) in [6.07, 6.45) is 1.64. The first-order chi connectivity index (χ1) is 16.8. The van der Waals surface area contributed by atoms with E-state index < -0.39 is 25.6 Å². The van der Waals surface area contributed by atoms with Gasteiger partial charge in [0.2, 0.25) is 0 Å². The van der Waals surface area contributed by atoms with Crippen LogP contribution in [0, 0.1) is 10.1 Å². The number of para-hydroxylation sites is 3. The minimum atomic E-state index is -4.52. The maximum Gasteiger partial charge on any atom is 0.346 e. The van der Waals surface area contributed by atoms with Crippen LogP contribution < -0.4 is 19.0 Å². The lowest BCUT2D eigenvalue weighted by Crippen LogP contribution is -2.22. The number of hydrogen-bond donors (Lipinski definition) is 0. The third-order valence-corrected chi connectivity index (χ3v) is 7.41. The summed E-state index contributed by atoms with van der Waals surface area (Å²) in [5, 5.41) is 11.2. The molecule has 0 aliphatic rings. The molecule has 0 fully saturated rings. The Labute approximate surface area is 201 Å². The van der Waals surface area contributed by atoms with Crippen LogP contribution in [0.1, 0.15) is 5.56 Å². The molecule has 2 heterocycles. The van der Waals surface area contributed by atoms with Crippen LogP contribution in [0.5, 0.6) is 11.5 Å². The summed E-state index contributed by atoms with van der Waals surface area (Å²) in [4.78, 5) is 27.9. The summed E-state index contributed by atoms with van der Waals surface area (Å²) in [7, 11) is -3.19. The molecule has 5 rings (SSSR count). The molecule has 0 aliphatic carbocycles. The molecule has 10 nitrogen and oxygen atoms in total. The minimum Gasteiger partial charge on any atom is -0.493 e. The van der Waals surface area contributed by atoms with Crippen LogP contribution in [0.2, 0.25) is 0 Å². The van der Waals surface area contributed by atoms with Crippen LogP contribution in [-0.4, -0.2) is 29.8 Å². The number of aromatic nitrogens is 2. The summed E-state index contributed by atoms with van der Waals surface area (Å²) in [5.74, 6) is -0.0859. The van der Waals surface area contributed by atoms with Gasteiger partial charge in [-0.2, -0.15) is 8.42 Å². The van der Waals surface area contributed by atoms with E-state index in [1.165, 1.54) is 42.7 Å². The largest absolute Gasteiger partial charge is 0.493 e. The van der Waals surface area contributed by atoms with E-state index in [-0.39, 0.29) is 17.1 Å². The lowest BCUT2D eigenvalue weighted by atomic mass is 10.2. The number of nitro groups is 1. The number of rotatable bonds is 6.